The third kappa shape index (κ3) is 4.15. The minimum atomic E-state index is -0.609. The van der Waals surface area contributed by atoms with Crippen LogP contribution in [0.2, 0.25) is 0 Å². The highest BCUT2D eigenvalue weighted by Crippen LogP contribution is 2.45. The van der Waals surface area contributed by atoms with Gasteiger partial charge in [0.25, 0.3) is 0 Å². The molecule has 1 saturated heterocycles. The van der Waals surface area contributed by atoms with E-state index in [2.05, 4.69) is 41.3 Å². The largest absolute Gasteiger partial charge is 0.455 e. The Morgan fingerprint density at radius 3 is 2.74 bits per heavy atom. The van der Waals surface area contributed by atoms with E-state index < -0.39 is 6.23 Å². The maximum atomic E-state index is 10.5. The summed E-state index contributed by atoms with van der Waals surface area (Å²) in [7, 11) is 0. The standard InChI is InChI=1S/C27H31N5O2/c1-18-7-8-24-25(32(18)19(2)33)10-9-23(27(24)34-26-6-4-3-5-20(26)15-28)21-16-30-31(17-21)22-11-13-29-14-12-22/h3-6,9-10,16-19,22,29,33H,7-8,11-14H2,1-2H3/t18-,19?/m0/s1. The van der Waals surface area contributed by atoms with Crippen LogP contribution in [0.4, 0.5) is 5.69 Å². The van der Waals surface area contributed by atoms with Gasteiger partial charge in [0.1, 0.15) is 23.8 Å². The van der Waals surface area contributed by atoms with Crippen molar-refractivity contribution in [3.8, 4) is 28.7 Å². The summed E-state index contributed by atoms with van der Waals surface area (Å²) < 4.78 is 8.60. The average molecular weight is 458 g/mol. The number of ether oxygens (including phenoxy) is 1. The summed E-state index contributed by atoms with van der Waals surface area (Å²) in [5.41, 5.74) is 4.47. The van der Waals surface area contributed by atoms with Gasteiger partial charge in [-0.15, -0.1) is 0 Å². The summed E-state index contributed by atoms with van der Waals surface area (Å²) in [6, 6.07) is 14.3. The number of aromatic nitrogens is 2. The van der Waals surface area contributed by atoms with Crippen LogP contribution in [0.15, 0.2) is 48.8 Å². The fraction of sp³-hybridized carbons (Fsp3) is 0.407. The van der Waals surface area contributed by atoms with Gasteiger partial charge in [0.15, 0.2) is 0 Å². The first-order valence-corrected chi connectivity index (χ1v) is 12.1. The monoisotopic (exact) mass is 457 g/mol. The van der Waals surface area contributed by atoms with Gasteiger partial charge in [0.05, 0.1) is 17.8 Å². The number of hydrogen-bond donors (Lipinski definition) is 2. The maximum absolute atomic E-state index is 10.5. The summed E-state index contributed by atoms with van der Waals surface area (Å²) in [4.78, 5) is 2.05. The first kappa shape index (κ1) is 22.5. The molecular weight excluding hydrogens is 426 g/mol. The third-order valence-electron chi connectivity index (χ3n) is 7.02. The lowest BCUT2D eigenvalue weighted by atomic mass is 9.92. The van der Waals surface area contributed by atoms with Crippen molar-refractivity contribution in [3.63, 3.8) is 0 Å². The molecule has 1 unspecified atom stereocenters. The molecule has 1 fully saturated rings. The van der Waals surface area contributed by atoms with E-state index in [1.54, 1.807) is 13.0 Å². The molecule has 1 aromatic heterocycles. The number of nitrogens with zero attached hydrogens (tertiary/aromatic N) is 4. The van der Waals surface area contributed by atoms with E-state index in [1.165, 1.54) is 0 Å². The van der Waals surface area contributed by atoms with Crippen LogP contribution in [0.5, 0.6) is 11.5 Å². The van der Waals surface area contributed by atoms with Gasteiger partial charge in [-0.1, -0.05) is 12.1 Å². The summed E-state index contributed by atoms with van der Waals surface area (Å²) in [5.74, 6) is 1.27. The molecule has 176 valence electrons. The Morgan fingerprint density at radius 2 is 1.97 bits per heavy atom. The predicted octanol–water partition coefficient (Wildman–Crippen LogP) is 4.62. The smallest absolute Gasteiger partial charge is 0.145 e. The number of aliphatic hydroxyl groups is 1. The molecule has 0 saturated carbocycles. The SMILES string of the molecule is CC(O)N1c2ccc(-c3cnn(C4CCNCC4)c3)c(Oc3ccccc3C#N)c2CC[C@@H]1C. The molecule has 34 heavy (non-hydrogen) atoms. The number of piperidine rings is 1. The lowest BCUT2D eigenvalue weighted by Crippen LogP contribution is -2.43. The summed E-state index contributed by atoms with van der Waals surface area (Å²) >= 11 is 0. The van der Waals surface area contributed by atoms with E-state index in [9.17, 15) is 10.4 Å². The molecule has 2 atom stereocenters. The van der Waals surface area contributed by atoms with Gasteiger partial charge < -0.3 is 20.1 Å². The van der Waals surface area contributed by atoms with Gasteiger partial charge in [-0.05, 0) is 76.9 Å². The second kappa shape index (κ2) is 9.49. The number of aliphatic hydroxyl groups excluding tert-OH is 1. The zero-order valence-corrected chi connectivity index (χ0v) is 19.7. The maximum Gasteiger partial charge on any atom is 0.145 e. The Kier molecular flexibility index (Phi) is 6.27. The quantitative estimate of drug-likeness (QED) is 0.582. The second-order valence-corrected chi connectivity index (χ2v) is 9.27. The molecule has 7 nitrogen and oxygen atoms in total. The minimum Gasteiger partial charge on any atom is -0.455 e. The number of nitrogens with one attached hydrogen (secondary N) is 1. The molecule has 0 amide bonds. The molecule has 2 aliphatic rings. The minimum absolute atomic E-state index is 0.222. The number of anilines is 1. The number of rotatable bonds is 5. The molecule has 0 bridgehead atoms. The molecule has 0 radical (unpaired) electrons. The normalized spacial score (nSPS) is 19.4. The van der Waals surface area contributed by atoms with Gasteiger partial charge in [0.2, 0.25) is 0 Å². The summed E-state index contributed by atoms with van der Waals surface area (Å²) in [6.07, 6.45) is 7.27. The van der Waals surface area contributed by atoms with Crippen molar-refractivity contribution in [1.29, 1.82) is 5.26 Å². The van der Waals surface area contributed by atoms with Crippen molar-refractivity contribution in [3.05, 3.63) is 59.9 Å². The van der Waals surface area contributed by atoms with Crippen LogP contribution in [0.3, 0.4) is 0 Å². The highest BCUT2D eigenvalue weighted by atomic mass is 16.5. The zero-order chi connectivity index (χ0) is 23.7. The van der Waals surface area contributed by atoms with E-state index in [-0.39, 0.29) is 6.04 Å². The second-order valence-electron chi connectivity index (χ2n) is 9.27. The van der Waals surface area contributed by atoms with Crippen LogP contribution < -0.4 is 15.0 Å². The number of benzene rings is 2. The van der Waals surface area contributed by atoms with Crippen molar-refractivity contribution in [2.45, 2.75) is 57.8 Å². The van der Waals surface area contributed by atoms with Crippen LogP contribution in [0.25, 0.3) is 11.1 Å². The van der Waals surface area contributed by atoms with E-state index in [0.717, 1.165) is 66.9 Å². The Morgan fingerprint density at radius 1 is 1.18 bits per heavy atom. The van der Waals surface area contributed by atoms with Crippen molar-refractivity contribution in [2.24, 2.45) is 0 Å². The Balaban J connectivity index is 1.62. The van der Waals surface area contributed by atoms with Crippen molar-refractivity contribution >= 4 is 5.69 Å². The van der Waals surface area contributed by atoms with Gasteiger partial charge in [-0.25, -0.2) is 0 Å². The third-order valence-corrected chi connectivity index (χ3v) is 7.02. The number of hydrogen-bond acceptors (Lipinski definition) is 6. The van der Waals surface area contributed by atoms with Gasteiger partial charge >= 0.3 is 0 Å². The first-order valence-electron chi connectivity index (χ1n) is 12.1. The molecule has 5 rings (SSSR count). The van der Waals surface area contributed by atoms with Crippen LogP contribution in [0, 0.1) is 11.3 Å². The van der Waals surface area contributed by atoms with Gasteiger partial charge in [-0.2, -0.15) is 10.4 Å². The van der Waals surface area contributed by atoms with Crippen molar-refractivity contribution in [2.75, 3.05) is 18.0 Å². The molecule has 3 aromatic rings. The number of nitriles is 1. The molecule has 2 N–H and O–H groups in total. The van der Waals surface area contributed by atoms with E-state index in [4.69, 9.17) is 9.84 Å². The summed E-state index contributed by atoms with van der Waals surface area (Å²) in [5, 5.41) is 28.2. The number of fused-ring (bicyclic) bond motifs is 1. The number of para-hydroxylation sites is 1. The molecule has 2 aromatic carbocycles. The Bertz CT molecular complexity index is 1210. The summed E-state index contributed by atoms with van der Waals surface area (Å²) in [6.45, 7) is 5.95. The molecule has 3 heterocycles. The zero-order valence-electron chi connectivity index (χ0n) is 19.7. The predicted molar refractivity (Wildman–Crippen MR) is 132 cm³/mol. The van der Waals surface area contributed by atoms with Crippen molar-refractivity contribution in [1.82, 2.24) is 15.1 Å². The lowest BCUT2D eigenvalue weighted by Gasteiger charge is -2.40. The highest BCUT2D eigenvalue weighted by Gasteiger charge is 2.30. The average Bonchev–Trinajstić information content (AvgIpc) is 3.35. The first-order chi connectivity index (χ1) is 16.6. The van der Waals surface area contributed by atoms with Crippen LogP contribution in [-0.2, 0) is 6.42 Å². The fourth-order valence-electron chi connectivity index (χ4n) is 5.25. The lowest BCUT2D eigenvalue weighted by molar-refractivity contribution is 0.174. The van der Waals surface area contributed by atoms with Crippen LogP contribution >= 0.6 is 0 Å². The Hall–Kier alpha value is -3.34. The van der Waals surface area contributed by atoms with Gasteiger partial charge in [0, 0.05) is 34.6 Å². The molecule has 0 aliphatic carbocycles. The molecule has 2 aliphatic heterocycles. The molecule has 0 spiro atoms. The van der Waals surface area contributed by atoms with E-state index >= 15 is 0 Å². The van der Waals surface area contributed by atoms with E-state index in [0.29, 0.717) is 17.4 Å². The molecule has 7 heteroatoms. The highest BCUT2D eigenvalue weighted by molar-refractivity contribution is 5.78. The van der Waals surface area contributed by atoms with Crippen LogP contribution in [0.1, 0.15) is 50.3 Å². The molecular formula is C27H31N5O2. The Labute approximate surface area is 200 Å². The topological polar surface area (TPSA) is 86.3 Å². The van der Waals surface area contributed by atoms with Gasteiger partial charge in [-0.3, -0.25) is 4.68 Å². The van der Waals surface area contributed by atoms with Crippen LogP contribution in [-0.4, -0.2) is 40.2 Å². The van der Waals surface area contributed by atoms with E-state index in [1.807, 2.05) is 29.3 Å². The van der Waals surface area contributed by atoms with Crippen molar-refractivity contribution < 1.29 is 9.84 Å². The fourth-order valence-corrected chi connectivity index (χ4v) is 5.25.